The highest BCUT2D eigenvalue weighted by molar-refractivity contribution is 7.98. The van der Waals surface area contributed by atoms with E-state index in [1.807, 2.05) is 24.3 Å². The first-order valence-electron chi connectivity index (χ1n) is 12.1. The number of rotatable bonds is 8. The van der Waals surface area contributed by atoms with Gasteiger partial charge < -0.3 is 19.5 Å². The molecule has 0 aromatic heterocycles. The molecule has 1 heterocycles. The largest absolute Gasteiger partial charge is 0.573 e. The first-order valence-corrected chi connectivity index (χ1v) is 13.1. The molecule has 0 fully saturated rings. The van der Waals surface area contributed by atoms with Gasteiger partial charge in [0.15, 0.2) is 6.61 Å². The molecule has 1 amide bonds. The maximum absolute atomic E-state index is 13.1. The van der Waals surface area contributed by atoms with Crippen LogP contribution in [0.15, 0.2) is 59.5 Å². The first kappa shape index (κ1) is 26.0. The smallest absolute Gasteiger partial charge is 0.482 e. The van der Waals surface area contributed by atoms with Crippen LogP contribution >= 0.6 is 11.8 Å². The van der Waals surface area contributed by atoms with Gasteiger partial charge in [0.1, 0.15) is 11.5 Å². The molecular weight excluding hydrogens is 519 g/mol. The summed E-state index contributed by atoms with van der Waals surface area (Å²) in [7, 11) is 0. The second-order valence-electron chi connectivity index (χ2n) is 9.07. The minimum Gasteiger partial charge on any atom is -0.482 e. The molecule has 38 heavy (non-hydrogen) atoms. The molecule has 0 unspecified atom stereocenters. The number of ether oxygens (including phenoxy) is 2. The number of benzene rings is 3. The van der Waals surface area contributed by atoms with Crippen LogP contribution < -0.4 is 14.4 Å². The average Bonchev–Trinajstić information content (AvgIpc) is 3.23. The second kappa shape index (κ2) is 10.6. The Morgan fingerprint density at radius 1 is 0.974 bits per heavy atom. The minimum atomic E-state index is -4.78. The van der Waals surface area contributed by atoms with Gasteiger partial charge in [-0.25, -0.2) is 4.79 Å². The predicted molar refractivity (Wildman–Crippen MR) is 136 cm³/mol. The van der Waals surface area contributed by atoms with Gasteiger partial charge in [0.05, 0.1) is 6.54 Å². The summed E-state index contributed by atoms with van der Waals surface area (Å²) < 4.78 is 46.9. The number of hydrogen-bond acceptors (Lipinski definition) is 5. The number of alkyl halides is 3. The fraction of sp³-hybridized carbons (Fsp3) is 0.286. The summed E-state index contributed by atoms with van der Waals surface area (Å²) in [5, 5.41) is 8.98. The third kappa shape index (κ3) is 5.60. The van der Waals surface area contributed by atoms with Gasteiger partial charge in [0.25, 0.3) is 5.91 Å². The van der Waals surface area contributed by atoms with Gasteiger partial charge in [-0.05, 0) is 90.4 Å². The first-order chi connectivity index (χ1) is 18.2. The summed E-state index contributed by atoms with van der Waals surface area (Å²) in [5.74, 6) is -0.302. The topological polar surface area (TPSA) is 76.1 Å². The van der Waals surface area contributed by atoms with E-state index in [2.05, 4.69) is 4.74 Å². The third-order valence-corrected chi connectivity index (χ3v) is 7.78. The number of halogens is 3. The number of fused-ring (bicyclic) bond motifs is 2. The van der Waals surface area contributed by atoms with Gasteiger partial charge in [-0.15, -0.1) is 24.9 Å². The summed E-state index contributed by atoms with van der Waals surface area (Å²) >= 11 is 1.67. The highest BCUT2D eigenvalue weighted by atomic mass is 32.2. The standard InChI is InChI=1S/C28H24F3NO5S/c29-28(30,31)37-19-10-8-18(9-11-19)32-14-23-17(4-3-7-22(23)27(32)35)16-38-25-13-12-24(36-15-26(33)34)20-5-1-2-6-21(20)25/h3-4,7-13H,1-2,5-6,14-16H2,(H,33,34). The Balaban J connectivity index is 1.33. The van der Waals surface area contributed by atoms with Crippen molar-refractivity contribution >= 4 is 29.3 Å². The Hall–Kier alpha value is -3.66. The number of anilines is 1. The van der Waals surface area contributed by atoms with E-state index in [0.29, 0.717) is 29.3 Å². The van der Waals surface area contributed by atoms with Crippen molar-refractivity contribution < 1.29 is 37.3 Å². The van der Waals surface area contributed by atoms with Crippen molar-refractivity contribution in [3.63, 3.8) is 0 Å². The summed E-state index contributed by atoms with van der Waals surface area (Å²) in [6, 6.07) is 14.7. The van der Waals surface area contributed by atoms with Crippen molar-refractivity contribution in [1.29, 1.82) is 0 Å². The summed E-state index contributed by atoms with van der Waals surface area (Å²) in [6.45, 7) is -0.0534. The lowest BCUT2D eigenvalue weighted by Crippen LogP contribution is -2.23. The van der Waals surface area contributed by atoms with E-state index < -0.39 is 12.3 Å². The number of amides is 1. The predicted octanol–water partition coefficient (Wildman–Crippen LogP) is 6.38. The molecule has 198 valence electrons. The van der Waals surface area contributed by atoms with Gasteiger partial charge in [0.2, 0.25) is 0 Å². The number of hydrogen-bond donors (Lipinski definition) is 1. The molecule has 2 aliphatic rings. The van der Waals surface area contributed by atoms with Crippen LogP contribution in [0.2, 0.25) is 0 Å². The molecule has 5 rings (SSSR count). The van der Waals surface area contributed by atoms with Crippen molar-refractivity contribution in [2.45, 2.75) is 49.2 Å². The van der Waals surface area contributed by atoms with E-state index in [0.717, 1.165) is 47.3 Å². The van der Waals surface area contributed by atoms with Crippen LogP contribution in [0.4, 0.5) is 18.9 Å². The monoisotopic (exact) mass is 543 g/mol. The zero-order chi connectivity index (χ0) is 26.9. The maximum atomic E-state index is 13.1. The molecule has 3 aromatic carbocycles. The molecule has 3 aromatic rings. The fourth-order valence-electron chi connectivity index (χ4n) is 4.94. The summed E-state index contributed by atoms with van der Waals surface area (Å²) in [6.07, 6.45) is -0.957. The number of carbonyl (C=O) groups is 2. The van der Waals surface area contributed by atoms with Gasteiger partial charge in [-0.3, -0.25) is 4.79 Å². The molecule has 0 bridgehead atoms. The van der Waals surface area contributed by atoms with E-state index in [9.17, 15) is 22.8 Å². The van der Waals surface area contributed by atoms with E-state index in [1.54, 1.807) is 22.7 Å². The Morgan fingerprint density at radius 2 is 1.71 bits per heavy atom. The molecule has 6 nitrogen and oxygen atoms in total. The molecule has 1 aliphatic carbocycles. The van der Waals surface area contributed by atoms with Crippen LogP contribution in [-0.4, -0.2) is 30.0 Å². The van der Waals surface area contributed by atoms with Crippen LogP contribution in [0.25, 0.3) is 0 Å². The normalized spacial score (nSPS) is 14.7. The minimum absolute atomic E-state index is 0.200. The van der Waals surface area contributed by atoms with E-state index >= 15 is 0 Å². The number of carboxylic acid groups (broad SMARTS) is 1. The lowest BCUT2D eigenvalue weighted by molar-refractivity contribution is -0.274. The van der Waals surface area contributed by atoms with Crippen LogP contribution in [0.1, 0.15) is 45.5 Å². The van der Waals surface area contributed by atoms with Crippen molar-refractivity contribution in [2.24, 2.45) is 0 Å². The summed E-state index contributed by atoms with van der Waals surface area (Å²) in [4.78, 5) is 26.7. The maximum Gasteiger partial charge on any atom is 0.573 e. The van der Waals surface area contributed by atoms with Crippen molar-refractivity contribution in [1.82, 2.24) is 0 Å². The Labute approximate surface area is 221 Å². The Bertz CT molecular complexity index is 1370. The van der Waals surface area contributed by atoms with E-state index in [4.69, 9.17) is 9.84 Å². The van der Waals surface area contributed by atoms with Gasteiger partial charge in [0, 0.05) is 21.9 Å². The number of aliphatic carboxylic acids is 1. The van der Waals surface area contributed by atoms with Crippen molar-refractivity contribution in [3.05, 3.63) is 82.4 Å². The molecule has 0 saturated heterocycles. The molecule has 0 atom stereocenters. The molecule has 0 spiro atoms. The van der Waals surface area contributed by atoms with Crippen molar-refractivity contribution in [2.75, 3.05) is 11.5 Å². The average molecular weight is 544 g/mol. The van der Waals surface area contributed by atoms with Crippen molar-refractivity contribution in [3.8, 4) is 11.5 Å². The van der Waals surface area contributed by atoms with Crippen LogP contribution in [-0.2, 0) is 29.9 Å². The molecular formula is C28H24F3NO5S. The fourth-order valence-corrected chi connectivity index (χ4v) is 6.08. The highest BCUT2D eigenvalue weighted by Gasteiger charge is 2.32. The second-order valence-corrected chi connectivity index (χ2v) is 10.1. The zero-order valence-corrected chi connectivity index (χ0v) is 21.0. The molecule has 10 heteroatoms. The molecule has 1 aliphatic heterocycles. The lowest BCUT2D eigenvalue weighted by atomic mass is 9.91. The Kier molecular flexibility index (Phi) is 7.25. The van der Waals surface area contributed by atoms with Gasteiger partial charge in [-0.1, -0.05) is 12.1 Å². The number of carboxylic acids is 1. The van der Waals surface area contributed by atoms with E-state index in [1.165, 1.54) is 29.8 Å². The number of carbonyl (C=O) groups excluding carboxylic acids is 1. The van der Waals surface area contributed by atoms with Gasteiger partial charge >= 0.3 is 12.3 Å². The van der Waals surface area contributed by atoms with Crippen LogP contribution in [0, 0.1) is 0 Å². The van der Waals surface area contributed by atoms with E-state index in [-0.39, 0.29) is 18.3 Å². The third-order valence-electron chi connectivity index (χ3n) is 6.63. The van der Waals surface area contributed by atoms with Crippen LogP contribution in [0.3, 0.4) is 0 Å². The zero-order valence-electron chi connectivity index (χ0n) is 20.2. The molecule has 1 N–H and O–H groups in total. The SMILES string of the molecule is O=C(O)COc1ccc(SCc2cccc3c2CN(c2ccc(OC(F)(F)F)cc2)C3=O)c2c1CCCC2. The highest BCUT2D eigenvalue weighted by Crippen LogP contribution is 2.39. The molecule has 0 radical (unpaired) electrons. The lowest BCUT2D eigenvalue weighted by Gasteiger charge is -2.22. The Morgan fingerprint density at radius 3 is 2.42 bits per heavy atom. The summed E-state index contributed by atoms with van der Waals surface area (Å²) in [5.41, 5.74) is 5.24. The van der Waals surface area contributed by atoms with Gasteiger partial charge in [-0.2, -0.15) is 0 Å². The number of thioether (sulfide) groups is 1. The number of nitrogens with zero attached hydrogens (tertiary/aromatic N) is 1. The van der Waals surface area contributed by atoms with Crippen LogP contribution in [0.5, 0.6) is 11.5 Å². The quantitative estimate of drug-likeness (QED) is 0.332. The molecule has 0 saturated carbocycles.